The first-order chi connectivity index (χ1) is 11.6. The Labute approximate surface area is 145 Å². The van der Waals surface area contributed by atoms with Gasteiger partial charge in [-0.25, -0.2) is 0 Å². The molecule has 0 unspecified atom stereocenters. The lowest BCUT2D eigenvalue weighted by Gasteiger charge is -2.38. The zero-order valence-electron chi connectivity index (χ0n) is 14.7. The molecule has 3 aliphatic rings. The van der Waals surface area contributed by atoms with E-state index in [2.05, 4.69) is 10.2 Å². The van der Waals surface area contributed by atoms with E-state index in [1.165, 1.54) is 6.42 Å². The molecule has 1 heterocycles. The maximum absolute atomic E-state index is 12.2. The van der Waals surface area contributed by atoms with Gasteiger partial charge in [0.1, 0.15) is 0 Å². The number of nitrogens with zero attached hydrogens (tertiary/aromatic N) is 2. The normalized spacial score (nSPS) is 28.6. The summed E-state index contributed by atoms with van der Waals surface area (Å²) in [6.07, 6.45) is 7.24. The van der Waals surface area contributed by atoms with Crippen molar-refractivity contribution in [2.45, 2.75) is 51.0 Å². The van der Waals surface area contributed by atoms with Crippen LogP contribution in [-0.2, 0) is 9.59 Å². The van der Waals surface area contributed by atoms with Crippen molar-refractivity contribution >= 4 is 11.8 Å². The molecule has 1 saturated heterocycles. The van der Waals surface area contributed by atoms with Gasteiger partial charge in [0.15, 0.2) is 0 Å². The third-order valence-electron chi connectivity index (χ3n) is 6.05. The summed E-state index contributed by atoms with van der Waals surface area (Å²) in [5.74, 6) is 1.17. The van der Waals surface area contributed by atoms with Crippen LogP contribution in [0.15, 0.2) is 0 Å². The summed E-state index contributed by atoms with van der Waals surface area (Å²) in [6, 6.07) is 0.206. The average molecular weight is 336 g/mol. The summed E-state index contributed by atoms with van der Waals surface area (Å²) in [5, 5.41) is 3.03. The van der Waals surface area contributed by atoms with Crippen LogP contribution in [0.5, 0.6) is 0 Å². The van der Waals surface area contributed by atoms with Crippen LogP contribution in [-0.4, -0.2) is 66.9 Å². The Balaban J connectivity index is 1.28. The number of piperazine rings is 1. The standard InChI is InChI=1S/C18H32N4O2/c19-16-6-2-5-15(16)13-17(23)20-7-8-21-9-11-22(12-10-21)18(24)14-3-1-4-14/h14-16H,1-13,19H2,(H,20,23)/t15-,16+/m0/s1. The highest BCUT2D eigenvalue weighted by Crippen LogP contribution is 2.28. The van der Waals surface area contributed by atoms with Gasteiger partial charge in [0, 0.05) is 57.6 Å². The zero-order chi connectivity index (χ0) is 16.9. The van der Waals surface area contributed by atoms with Crippen molar-refractivity contribution in [3.8, 4) is 0 Å². The lowest BCUT2D eigenvalue weighted by atomic mass is 9.84. The van der Waals surface area contributed by atoms with Gasteiger partial charge in [-0.15, -0.1) is 0 Å². The highest BCUT2D eigenvalue weighted by atomic mass is 16.2. The minimum absolute atomic E-state index is 0.135. The van der Waals surface area contributed by atoms with Gasteiger partial charge in [-0.05, 0) is 31.6 Å². The molecule has 136 valence electrons. The third-order valence-corrected chi connectivity index (χ3v) is 6.05. The number of carbonyl (C=O) groups is 2. The van der Waals surface area contributed by atoms with Gasteiger partial charge in [-0.1, -0.05) is 12.8 Å². The van der Waals surface area contributed by atoms with Crippen molar-refractivity contribution in [3.05, 3.63) is 0 Å². The first-order valence-corrected chi connectivity index (χ1v) is 9.67. The molecule has 3 rings (SSSR count). The molecule has 0 aromatic rings. The summed E-state index contributed by atoms with van der Waals surface area (Å²) in [5.41, 5.74) is 6.03. The molecule has 3 fully saturated rings. The molecule has 6 nitrogen and oxygen atoms in total. The van der Waals surface area contributed by atoms with Crippen LogP contribution < -0.4 is 11.1 Å². The van der Waals surface area contributed by atoms with Gasteiger partial charge >= 0.3 is 0 Å². The molecule has 2 atom stereocenters. The molecule has 0 aromatic heterocycles. The second-order valence-corrected chi connectivity index (χ2v) is 7.70. The molecule has 24 heavy (non-hydrogen) atoms. The van der Waals surface area contributed by atoms with E-state index in [9.17, 15) is 9.59 Å². The third kappa shape index (κ3) is 4.48. The summed E-state index contributed by atoms with van der Waals surface area (Å²) in [7, 11) is 0. The lowest BCUT2D eigenvalue weighted by molar-refractivity contribution is -0.139. The summed E-state index contributed by atoms with van der Waals surface area (Å²) in [4.78, 5) is 28.6. The SMILES string of the molecule is N[C@@H]1CCC[C@H]1CC(=O)NCCN1CCN(C(=O)C2CCC2)CC1. The maximum Gasteiger partial charge on any atom is 0.225 e. The van der Waals surface area contributed by atoms with Gasteiger partial charge in [0.25, 0.3) is 0 Å². The second-order valence-electron chi connectivity index (χ2n) is 7.70. The minimum Gasteiger partial charge on any atom is -0.355 e. The fraction of sp³-hybridized carbons (Fsp3) is 0.889. The number of amides is 2. The Hall–Kier alpha value is -1.14. The molecule has 2 aliphatic carbocycles. The van der Waals surface area contributed by atoms with Crippen molar-refractivity contribution in [2.75, 3.05) is 39.3 Å². The van der Waals surface area contributed by atoms with Crippen LogP contribution in [0.25, 0.3) is 0 Å². The average Bonchev–Trinajstić information content (AvgIpc) is 2.91. The molecule has 0 bridgehead atoms. The Morgan fingerprint density at radius 3 is 2.29 bits per heavy atom. The number of nitrogens with two attached hydrogens (primary N) is 1. The van der Waals surface area contributed by atoms with Gasteiger partial charge < -0.3 is 16.0 Å². The van der Waals surface area contributed by atoms with E-state index >= 15 is 0 Å². The molecule has 3 N–H and O–H groups in total. The zero-order valence-corrected chi connectivity index (χ0v) is 14.7. The van der Waals surface area contributed by atoms with Crippen molar-refractivity contribution in [1.29, 1.82) is 0 Å². The smallest absolute Gasteiger partial charge is 0.225 e. The number of hydrogen-bond acceptors (Lipinski definition) is 4. The van der Waals surface area contributed by atoms with E-state index in [4.69, 9.17) is 5.73 Å². The van der Waals surface area contributed by atoms with Crippen LogP contribution in [0, 0.1) is 11.8 Å². The van der Waals surface area contributed by atoms with Crippen molar-refractivity contribution in [1.82, 2.24) is 15.1 Å². The van der Waals surface area contributed by atoms with Gasteiger partial charge in [0.2, 0.25) is 11.8 Å². The van der Waals surface area contributed by atoms with Crippen molar-refractivity contribution in [3.63, 3.8) is 0 Å². The Bertz CT molecular complexity index is 444. The summed E-state index contributed by atoms with van der Waals surface area (Å²) < 4.78 is 0. The van der Waals surface area contributed by atoms with E-state index in [-0.39, 0.29) is 11.9 Å². The van der Waals surface area contributed by atoms with Crippen molar-refractivity contribution < 1.29 is 9.59 Å². The largest absolute Gasteiger partial charge is 0.355 e. The maximum atomic E-state index is 12.2. The Morgan fingerprint density at radius 1 is 1.00 bits per heavy atom. The van der Waals surface area contributed by atoms with Gasteiger partial charge in [0.05, 0.1) is 0 Å². The number of carbonyl (C=O) groups excluding carboxylic acids is 2. The van der Waals surface area contributed by atoms with Crippen LogP contribution in [0.2, 0.25) is 0 Å². The number of rotatable bonds is 6. The molecular formula is C18H32N4O2. The van der Waals surface area contributed by atoms with Gasteiger partial charge in [-0.2, -0.15) is 0 Å². The molecule has 0 radical (unpaired) electrons. The Kier molecular flexibility index (Phi) is 6.11. The quantitative estimate of drug-likeness (QED) is 0.743. The van der Waals surface area contributed by atoms with E-state index in [1.54, 1.807) is 0 Å². The van der Waals surface area contributed by atoms with E-state index in [0.29, 0.717) is 30.7 Å². The Morgan fingerprint density at radius 2 is 1.71 bits per heavy atom. The molecule has 0 aromatic carbocycles. The van der Waals surface area contributed by atoms with Crippen LogP contribution in [0.3, 0.4) is 0 Å². The van der Waals surface area contributed by atoms with E-state index < -0.39 is 0 Å². The fourth-order valence-corrected chi connectivity index (χ4v) is 4.09. The highest BCUT2D eigenvalue weighted by Gasteiger charge is 2.31. The molecule has 2 amide bonds. The van der Waals surface area contributed by atoms with Crippen molar-refractivity contribution in [2.24, 2.45) is 17.6 Å². The van der Waals surface area contributed by atoms with Crippen LogP contribution in [0.4, 0.5) is 0 Å². The van der Waals surface area contributed by atoms with Crippen LogP contribution in [0.1, 0.15) is 44.9 Å². The predicted molar refractivity (Wildman–Crippen MR) is 93.3 cm³/mol. The summed E-state index contributed by atoms with van der Waals surface area (Å²) in [6.45, 7) is 5.06. The molecule has 6 heteroatoms. The van der Waals surface area contributed by atoms with Crippen LogP contribution >= 0.6 is 0 Å². The summed E-state index contributed by atoms with van der Waals surface area (Å²) >= 11 is 0. The molecular weight excluding hydrogens is 304 g/mol. The lowest BCUT2D eigenvalue weighted by Crippen LogP contribution is -2.52. The minimum atomic E-state index is 0.135. The fourth-order valence-electron chi connectivity index (χ4n) is 4.09. The molecule has 0 spiro atoms. The molecule has 2 saturated carbocycles. The first-order valence-electron chi connectivity index (χ1n) is 9.67. The van der Waals surface area contributed by atoms with Gasteiger partial charge in [-0.3, -0.25) is 14.5 Å². The first kappa shape index (κ1) is 17.7. The highest BCUT2D eigenvalue weighted by molar-refractivity contribution is 5.79. The predicted octanol–water partition coefficient (Wildman–Crippen LogP) is 0.564. The second kappa shape index (κ2) is 8.30. The van der Waals surface area contributed by atoms with E-state index in [0.717, 1.165) is 64.8 Å². The van der Waals surface area contributed by atoms with E-state index in [1.807, 2.05) is 4.90 Å². The number of hydrogen-bond donors (Lipinski definition) is 2. The molecule has 1 aliphatic heterocycles. The monoisotopic (exact) mass is 336 g/mol. The number of nitrogens with one attached hydrogen (secondary N) is 1. The topological polar surface area (TPSA) is 78.7 Å².